The molecule has 0 saturated carbocycles. The van der Waals surface area contributed by atoms with Crippen LogP contribution in [0, 0.1) is 0 Å². The van der Waals surface area contributed by atoms with E-state index in [0.717, 1.165) is 31.6 Å². The van der Waals surface area contributed by atoms with Gasteiger partial charge >= 0.3 is 0 Å². The smallest absolute Gasteiger partial charge is 0.0734 e. The van der Waals surface area contributed by atoms with Crippen molar-refractivity contribution < 1.29 is 0 Å². The Bertz CT molecular complexity index is 712. The maximum Gasteiger partial charge on any atom is 0.0734 e. The lowest BCUT2D eigenvalue weighted by molar-refractivity contribution is 0.655. The standard InChI is InChI=1S/C17H20N4/c1-2-21-13-14(12-20-21)11-18-10-8-16-6-3-5-15-7-4-9-19-17(15)16/h3-7,9,12-13,18H,2,8,10-11H2,1H3. The van der Waals surface area contributed by atoms with Gasteiger partial charge in [-0.05, 0) is 31.5 Å². The number of nitrogens with one attached hydrogen (secondary N) is 1. The SMILES string of the molecule is CCn1cc(CNCCc2cccc3cccnc23)cn1. The van der Waals surface area contributed by atoms with E-state index in [2.05, 4.69) is 52.8 Å². The molecular formula is C17H20N4. The highest BCUT2D eigenvalue weighted by atomic mass is 15.3. The maximum absolute atomic E-state index is 4.49. The van der Waals surface area contributed by atoms with Crippen molar-refractivity contribution in [2.24, 2.45) is 0 Å². The van der Waals surface area contributed by atoms with Crippen LogP contribution in [0.3, 0.4) is 0 Å². The van der Waals surface area contributed by atoms with Crippen LogP contribution in [0.1, 0.15) is 18.1 Å². The number of aromatic nitrogens is 3. The van der Waals surface area contributed by atoms with Gasteiger partial charge in [-0.2, -0.15) is 5.10 Å². The lowest BCUT2D eigenvalue weighted by Crippen LogP contribution is -2.16. The lowest BCUT2D eigenvalue weighted by atomic mass is 10.1. The lowest BCUT2D eigenvalue weighted by Gasteiger charge is -2.06. The Kier molecular flexibility index (Phi) is 4.26. The molecular weight excluding hydrogens is 260 g/mol. The molecule has 0 aliphatic carbocycles. The second-order valence-corrected chi connectivity index (χ2v) is 5.12. The summed E-state index contributed by atoms with van der Waals surface area (Å²) >= 11 is 0. The van der Waals surface area contributed by atoms with Gasteiger partial charge in [0.15, 0.2) is 0 Å². The average molecular weight is 280 g/mol. The summed E-state index contributed by atoms with van der Waals surface area (Å²) in [4.78, 5) is 4.49. The van der Waals surface area contributed by atoms with Crippen LogP contribution < -0.4 is 5.32 Å². The van der Waals surface area contributed by atoms with Crippen LogP contribution in [0.25, 0.3) is 10.9 Å². The van der Waals surface area contributed by atoms with Crippen molar-refractivity contribution >= 4 is 10.9 Å². The Morgan fingerprint density at radius 2 is 2.10 bits per heavy atom. The second kappa shape index (κ2) is 6.50. The number of hydrogen-bond acceptors (Lipinski definition) is 3. The number of para-hydroxylation sites is 1. The summed E-state index contributed by atoms with van der Waals surface area (Å²) in [5.74, 6) is 0. The summed E-state index contributed by atoms with van der Waals surface area (Å²) in [6.07, 6.45) is 6.86. The summed E-state index contributed by atoms with van der Waals surface area (Å²) in [6.45, 7) is 4.81. The van der Waals surface area contributed by atoms with Gasteiger partial charge in [0.1, 0.15) is 0 Å². The molecule has 0 amide bonds. The number of aryl methyl sites for hydroxylation is 1. The van der Waals surface area contributed by atoms with Gasteiger partial charge in [-0.3, -0.25) is 9.67 Å². The molecule has 3 aromatic rings. The van der Waals surface area contributed by atoms with E-state index in [1.165, 1.54) is 16.5 Å². The monoisotopic (exact) mass is 280 g/mol. The highest BCUT2D eigenvalue weighted by Gasteiger charge is 2.02. The van der Waals surface area contributed by atoms with Crippen molar-refractivity contribution in [2.75, 3.05) is 6.54 Å². The highest BCUT2D eigenvalue weighted by Crippen LogP contribution is 2.15. The van der Waals surface area contributed by atoms with Gasteiger partial charge in [-0.1, -0.05) is 24.3 Å². The summed E-state index contributed by atoms with van der Waals surface area (Å²) < 4.78 is 1.95. The number of hydrogen-bond donors (Lipinski definition) is 1. The first-order valence-electron chi connectivity index (χ1n) is 7.41. The van der Waals surface area contributed by atoms with E-state index in [-0.39, 0.29) is 0 Å². The molecule has 4 nitrogen and oxygen atoms in total. The molecule has 0 aliphatic heterocycles. The molecule has 3 rings (SSSR count). The zero-order valence-electron chi connectivity index (χ0n) is 12.3. The topological polar surface area (TPSA) is 42.7 Å². The van der Waals surface area contributed by atoms with Crippen LogP contribution in [0.4, 0.5) is 0 Å². The molecule has 0 atom stereocenters. The van der Waals surface area contributed by atoms with Gasteiger partial charge in [0.05, 0.1) is 11.7 Å². The molecule has 0 bridgehead atoms. The molecule has 0 saturated heterocycles. The van der Waals surface area contributed by atoms with Gasteiger partial charge in [-0.15, -0.1) is 0 Å². The van der Waals surface area contributed by atoms with Crippen molar-refractivity contribution in [2.45, 2.75) is 26.4 Å². The molecule has 0 radical (unpaired) electrons. The predicted molar refractivity (Wildman–Crippen MR) is 85.1 cm³/mol. The molecule has 1 N–H and O–H groups in total. The van der Waals surface area contributed by atoms with E-state index in [0.29, 0.717) is 0 Å². The third-order valence-electron chi connectivity index (χ3n) is 3.63. The Labute approximate surface area is 124 Å². The van der Waals surface area contributed by atoms with Crippen LogP contribution in [0.15, 0.2) is 48.9 Å². The molecule has 1 aromatic carbocycles. The Balaban J connectivity index is 1.57. The van der Waals surface area contributed by atoms with Gasteiger partial charge in [0.25, 0.3) is 0 Å². The van der Waals surface area contributed by atoms with Crippen molar-refractivity contribution in [1.29, 1.82) is 0 Å². The molecule has 0 spiro atoms. The number of nitrogens with zero attached hydrogens (tertiary/aromatic N) is 3. The third-order valence-corrected chi connectivity index (χ3v) is 3.63. The van der Waals surface area contributed by atoms with Crippen LogP contribution in [0.2, 0.25) is 0 Å². The fraction of sp³-hybridized carbons (Fsp3) is 0.294. The van der Waals surface area contributed by atoms with E-state index in [9.17, 15) is 0 Å². The first-order valence-corrected chi connectivity index (χ1v) is 7.41. The summed E-state index contributed by atoms with van der Waals surface area (Å²) in [5.41, 5.74) is 3.64. The van der Waals surface area contributed by atoms with Crippen molar-refractivity contribution in [1.82, 2.24) is 20.1 Å². The predicted octanol–water partition coefficient (Wildman–Crippen LogP) is 2.78. The van der Waals surface area contributed by atoms with Crippen LogP contribution in [0.5, 0.6) is 0 Å². The van der Waals surface area contributed by atoms with Crippen LogP contribution in [-0.4, -0.2) is 21.3 Å². The molecule has 2 aromatic heterocycles. The van der Waals surface area contributed by atoms with Gasteiger partial charge in [-0.25, -0.2) is 0 Å². The largest absolute Gasteiger partial charge is 0.312 e. The van der Waals surface area contributed by atoms with Gasteiger partial charge in [0, 0.05) is 36.4 Å². The minimum absolute atomic E-state index is 0.859. The number of rotatable bonds is 6. The second-order valence-electron chi connectivity index (χ2n) is 5.12. The zero-order valence-corrected chi connectivity index (χ0v) is 12.3. The minimum atomic E-state index is 0.859. The Morgan fingerprint density at radius 1 is 1.19 bits per heavy atom. The fourth-order valence-electron chi connectivity index (χ4n) is 2.50. The van der Waals surface area contributed by atoms with Gasteiger partial charge < -0.3 is 5.32 Å². The van der Waals surface area contributed by atoms with Crippen LogP contribution >= 0.6 is 0 Å². The average Bonchev–Trinajstić information content (AvgIpc) is 3.00. The van der Waals surface area contributed by atoms with E-state index < -0.39 is 0 Å². The molecule has 0 aliphatic rings. The first-order chi connectivity index (χ1) is 10.4. The van der Waals surface area contributed by atoms with Crippen molar-refractivity contribution in [3.8, 4) is 0 Å². The van der Waals surface area contributed by atoms with E-state index >= 15 is 0 Å². The summed E-state index contributed by atoms with van der Waals surface area (Å²) in [7, 11) is 0. The normalized spacial score (nSPS) is 11.1. The molecule has 21 heavy (non-hydrogen) atoms. The first kappa shape index (κ1) is 13.8. The molecule has 0 fully saturated rings. The quantitative estimate of drug-likeness (QED) is 0.706. The van der Waals surface area contributed by atoms with Crippen molar-refractivity contribution in [3.63, 3.8) is 0 Å². The van der Waals surface area contributed by atoms with Crippen molar-refractivity contribution in [3.05, 3.63) is 60.0 Å². The maximum atomic E-state index is 4.49. The number of fused-ring (bicyclic) bond motifs is 1. The van der Waals surface area contributed by atoms with Crippen LogP contribution in [-0.2, 0) is 19.5 Å². The number of benzene rings is 1. The third kappa shape index (κ3) is 3.28. The summed E-state index contributed by atoms with van der Waals surface area (Å²) in [6, 6.07) is 10.5. The Morgan fingerprint density at radius 3 is 2.95 bits per heavy atom. The Hall–Kier alpha value is -2.20. The van der Waals surface area contributed by atoms with Gasteiger partial charge in [0.2, 0.25) is 0 Å². The highest BCUT2D eigenvalue weighted by molar-refractivity contribution is 5.81. The fourth-order valence-corrected chi connectivity index (χ4v) is 2.50. The number of pyridine rings is 1. The zero-order chi connectivity index (χ0) is 14.5. The molecule has 108 valence electrons. The van der Waals surface area contributed by atoms with E-state index in [4.69, 9.17) is 0 Å². The summed E-state index contributed by atoms with van der Waals surface area (Å²) in [5, 5.41) is 8.96. The molecule has 0 unspecified atom stereocenters. The van der Waals surface area contributed by atoms with E-state index in [1.54, 1.807) is 0 Å². The molecule has 4 heteroatoms. The minimum Gasteiger partial charge on any atom is -0.312 e. The molecule has 2 heterocycles. The van der Waals surface area contributed by atoms with E-state index in [1.807, 2.05) is 23.1 Å².